The van der Waals surface area contributed by atoms with Gasteiger partial charge in [-0.3, -0.25) is 4.68 Å². The Labute approximate surface area is 117 Å². The second-order valence-electron chi connectivity index (χ2n) is 4.27. The molecule has 0 aliphatic carbocycles. The molecule has 0 radical (unpaired) electrons. The van der Waals surface area contributed by atoms with Crippen molar-refractivity contribution in [3.05, 3.63) is 47.8 Å². The van der Waals surface area contributed by atoms with Crippen LogP contribution in [-0.2, 0) is 13.6 Å². The van der Waals surface area contributed by atoms with Crippen molar-refractivity contribution < 1.29 is 14.6 Å². The number of hydrogen-bond donors (Lipinski definition) is 2. The average Bonchev–Trinajstić information content (AvgIpc) is 2.84. The van der Waals surface area contributed by atoms with Gasteiger partial charge in [0.05, 0.1) is 5.69 Å². The van der Waals surface area contributed by atoms with Crippen molar-refractivity contribution in [3.63, 3.8) is 0 Å². The molecule has 6 heteroatoms. The van der Waals surface area contributed by atoms with Gasteiger partial charge in [0.25, 0.3) is 0 Å². The molecule has 2 aromatic rings. The molecule has 0 unspecified atom stereocenters. The largest absolute Gasteiger partial charge is 0.491 e. The van der Waals surface area contributed by atoms with E-state index in [4.69, 9.17) is 9.84 Å². The minimum atomic E-state index is -0.983. The molecule has 0 amide bonds. The van der Waals surface area contributed by atoms with Gasteiger partial charge in [0.15, 0.2) is 0 Å². The van der Waals surface area contributed by atoms with Crippen molar-refractivity contribution in [2.24, 2.45) is 7.05 Å². The van der Waals surface area contributed by atoms with Crippen molar-refractivity contribution >= 4 is 5.97 Å². The summed E-state index contributed by atoms with van der Waals surface area (Å²) in [6, 6.07) is 8.56. The van der Waals surface area contributed by atoms with E-state index >= 15 is 0 Å². The Morgan fingerprint density at radius 1 is 1.40 bits per heavy atom. The van der Waals surface area contributed by atoms with Crippen LogP contribution in [0.1, 0.15) is 16.1 Å². The number of benzene rings is 1. The number of carboxylic acid groups (broad SMARTS) is 1. The van der Waals surface area contributed by atoms with Gasteiger partial charge in [0.2, 0.25) is 0 Å². The van der Waals surface area contributed by atoms with Gasteiger partial charge in [-0.05, 0) is 18.2 Å². The van der Waals surface area contributed by atoms with E-state index in [1.807, 2.05) is 13.1 Å². The Morgan fingerprint density at radius 2 is 2.20 bits per heavy atom. The predicted octanol–water partition coefficient (Wildman–Crippen LogP) is 1.29. The van der Waals surface area contributed by atoms with Crippen molar-refractivity contribution in [2.45, 2.75) is 6.54 Å². The molecule has 20 heavy (non-hydrogen) atoms. The summed E-state index contributed by atoms with van der Waals surface area (Å²) in [5.74, 6) is -0.592. The zero-order valence-electron chi connectivity index (χ0n) is 11.2. The van der Waals surface area contributed by atoms with E-state index < -0.39 is 5.97 Å². The SMILES string of the molecule is Cn1nccc1CNCCOc1ccccc1C(=O)O. The van der Waals surface area contributed by atoms with Gasteiger partial charge in [-0.1, -0.05) is 12.1 Å². The molecule has 2 rings (SSSR count). The van der Waals surface area contributed by atoms with Crippen LogP contribution in [0, 0.1) is 0 Å². The zero-order chi connectivity index (χ0) is 14.4. The smallest absolute Gasteiger partial charge is 0.339 e. The van der Waals surface area contributed by atoms with Gasteiger partial charge < -0.3 is 15.2 Å². The van der Waals surface area contributed by atoms with Gasteiger partial charge in [-0.25, -0.2) is 4.79 Å². The molecule has 0 fully saturated rings. The molecule has 6 nitrogen and oxygen atoms in total. The summed E-state index contributed by atoms with van der Waals surface area (Å²) in [4.78, 5) is 11.0. The summed E-state index contributed by atoms with van der Waals surface area (Å²) in [6.45, 7) is 1.72. The molecule has 1 aromatic heterocycles. The van der Waals surface area contributed by atoms with Crippen LogP contribution in [0.5, 0.6) is 5.75 Å². The molecule has 0 spiro atoms. The fourth-order valence-electron chi connectivity index (χ4n) is 1.79. The third kappa shape index (κ3) is 3.58. The quantitative estimate of drug-likeness (QED) is 0.745. The first kappa shape index (κ1) is 14.1. The number of aromatic nitrogens is 2. The number of ether oxygens (including phenoxy) is 1. The van der Waals surface area contributed by atoms with Crippen LogP contribution < -0.4 is 10.1 Å². The fourth-order valence-corrected chi connectivity index (χ4v) is 1.79. The molecular weight excluding hydrogens is 258 g/mol. The number of rotatable bonds is 7. The Hall–Kier alpha value is -2.34. The van der Waals surface area contributed by atoms with Crippen LogP contribution in [-0.4, -0.2) is 34.0 Å². The molecule has 0 aliphatic rings. The number of carbonyl (C=O) groups is 1. The monoisotopic (exact) mass is 275 g/mol. The maximum atomic E-state index is 11.0. The third-order valence-corrected chi connectivity index (χ3v) is 2.88. The molecule has 106 valence electrons. The van der Waals surface area contributed by atoms with Gasteiger partial charge in [0.1, 0.15) is 17.9 Å². The lowest BCUT2D eigenvalue weighted by Crippen LogP contribution is -2.22. The van der Waals surface area contributed by atoms with E-state index in [0.29, 0.717) is 25.4 Å². The topological polar surface area (TPSA) is 76.4 Å². The Kier molecular flexibility index (Phi) is 4.73. The van der Waals surface area contributed by atoms with Crippen LogP contribution in [0.3, 0.4) is 0 Å². The first-order chi connectivity index (χ1) is 9.68. The molecule has 0 saturated carbocycles. The molecule has 0 saturated heterocycles. The molecule has 0 aliphatic heterocycles. The van der Waals surface area contributed by atoms with Crippen molar-refractivity contribution in [2.75, 3.05) is 13.2 Å². The normalized spacial score (nSPS) is 10.4. The first-order valence-corrected chi connectivity index (χ1v) is 6.31. The summed E-state index contributed by atoms with van der Waals surface area (Å²) in [5.41, 5.74) is 1.26. The number of hydrogen-bond acceptors (Lipinski definition) is 4. The number of nitrogens with one attached hydrogen (secondary N) is 1. The van der Waals surface area contributed by atoms with Crippen LogP contribution in [0.2, 0.25) is 0 Å². The Morgan fingerprint density at radius 3 is 2.90 bits per heavy atom. The van der Waals surface area contributed by atoms with E-state index in [2.05, 4.69) is 10.4 Å². The van der Waals surface area contributed by atoms with Crippen LogP contribution in [0.4, 0.5) is 0 Å². The minimum Gasteiger partial charge on any atom is -0.491 e. The molecule has 0 bridgehead atoms. The molecule has 2 N–H and O–H groups in total. The highest BCUT2D eigenvalue weighted by atomic mass is 16.5. The summed E-state index contributed by atoms with van der Waals surface area (Å²) in [6.07, 6.45) is 1.75. The first-order valence-electron chi connectivity index (χ1n) is 6.31. The van der Waals surface area contributed by atoms with Gasteiger partial charge in [-0.15, -0.1) is 0 Å². The highest BCUT2D eigenvalue weighted by Gasteiger charge is 2.09. The maximum Gasteiger partial charge on any atom is 0.339 e. The summed E-state index contributed by atoms with van der Waals surface area (Å²) in [7, 11) is 1.89. The van der Waals surface area contributed by atoms with E-state index in [1.54, 1.807) is 29.1 Å². The number of para-hydroxylation sites is 1. The molecule has 1 heterocycles. The van der Waals surface area contributed by atoms with Gasteiger partial charge in [-0.2, -0.15) is 5.10 Å². The van der Waals surface area contributed by atoms with E-state index in [-0.39, 0.29) is 5.56 Å². The van der Waals surface area contributed by atoms with E-state index in [9.17, 15) is 4.79 Å². The highest BCUT2D eigenvalue weighted by molar-refractivity contribution is 5.90. The lowest BCUT2D eigenvalue weighted by molar-refractivity contribution is 0.0692. The lowest BCUT2D eigenvalue weighted by atomic mass is 10.2. The number of aromatic carboxylic acids is 1. The fraction of sp³-hybridized carbons (Fsp3) is 0.286. The number of aryl methyl sites for hydroxylation is 1. The highest BCUT2D eigenvalue weighted by Crippen LogP contribution is 2.17. The Bertz CT molecular complexity index is 581. The van der Waals surface area contributed by atoms with E-state index in [0.717, 1.165) is 5.69 Å². The van der Waals surface area contributed by atoms with Crippen molar-refractivity contribution in [1.82, 2.24) is 15.1 Å². The van der Waals surface area contributed by atoms with Crippen LogP contribution in [0.25, 0.3) is 0 Å². The lowest BCUT2D eigenvalue weighted by Gasteiger charge is -2.09. The van der Waals surface area contributed by atoms with Crippen LogP contribution in [0.15, 0.2) is 36.5 Å². The van der Waals surface area contributed by atoms with Crippen molar-refractivity contribution in [1.29, 1.82) is 0 Å². The predicted molar refractivity (Wildman–Crippen MR) is 73.8 cm³/mol. The van der Waals surface area contributed by atoms with Gasteiger partial charge >= 0.3 is 5.97 Å². The van der Waals surface area contributed by atoms with Gasteiger partial charge in [0, 0.05) is 26.3 Å². The van der Waals surface area contributed by atoms with Crippen LogP contribution >= 0.6 is 0 Å². The summed E-state index contributed by atoms with van der Waals surface area (Å²) < 4.78 is 7.28. The molecule has 0 atom stereocenters. The zero-order valence-corrected chi connectivity index (χ0v) is 11.2. The summed E-state index contributed by atoms with van der Waals surface area (Å²) >= 11 is 0. The molecule has 1 aromatic carbocycles. The van der Waals surface area contributed by atoms with E-state index in [1.165, 1.54) is 6.07 Å². The Balaban J connectivity index is 1.76. The standard InChI is InChI=1S/C14H17N3O3/c1-17-11(6-7-16-17)10-15-8-9-20-13-5-3-2-4-12(13)14(18)19/h2-7,15H,8-10H2,1H3,(H,18,19). The summed E-state index contributed by atoms with van der Waals surface area (Å²) in [5, 5.41) is 16.3. The number of carboxylic acids is 1. The second kappa shape index (κ2) is 6.72. The number of nitrogens with zero attached hydrogens (tertiary/aromatic N) is 2. The van der Waals surface area contributed by atoms with Crippen molar-refractivity contribution in [3.8, 4) is 5.75 Å². The second-order valence-corrected chi connectivity index (χ2v) is 4.27. The molecular formula is C14H17N3O3. The average molecular weight is 275 g/mol. The third-order valence-electron chi connectivity index (χ3n) is 2.88. The minimum absolute atomic E-state index is 0.180. The maximum absolute atomic E-state index is 11.0.